The normalized spacial score (nSPS) is 13.9. The number of hydrogen-bond acceptors (Lipinski definition) is 3. The number of nitrogens with one attached hydrogen (secondary N) is 2. The van der Waals surface area contributed by atoms with Crippen LogP contribution in [0.3, 0.4) is 0 Å². The van der Waals surface area contributed by atoms with Gasteiger partial charge in [-0.2, -0.15) is 0 Å². The average molecular weight is 194 g/mol. The Morgan fingerprint density at radius 3 is 2.33 bits per heavy atom. The van der Waals surface area contributed by atoms with Crippen molar-refractivity contribution in [2.24, 2.45) is 0 Å². The minimum absolute atomic E-state index is 0.317. The minimum atomic E-state index is -3.30. The Morgan fingerprint density at radius 2 is 2.00 bits per heavy atom. The molecule has 0 saturated carbocycles. The molecule has 0 aromatic carbocycles. The fourth-order valence-corrected chi connectivity index (χ4v) is 1.45. The van der Waals surface area contributed by atoms with E-state index in [9.17, 15) is 13.2 Å². The Hall–Kier alpha value is -0.620. The van der Waals surface area contributed by atoms with Crippen LogP contribution in [0.4, 0.5) is 0 Å². The summed E-state index contributed by atoms with van der Waals surface area (Å²) >= 11 is 0. The fourth-order valence-electron chi connectivity index (χ4n) is 0.702. The van der Waals surface area contributed by atoms with Crippen molar-refractivity contribution in [2.45, 2.75) is 19.9 Å². The molecule has 0 radical (unpaired) electrons. The maximum absolute atomic E-state index is 11.0. The molecule has 2 N–H and O–H groups in total. The molecule has 1 amide bonds. The van der Waals surface area contributed by atoms with Gasteiger partial charge in [0.15, 0.2) is 0 Å². The zero-order chi connectivity index (χ0) is 9.78. The summed E-state index contributed by atoms with van der Waals surface area (Å²) in [5.74, 6) is -0.317. The molecule has 5 nitrogen and oxygen atoms in total. The lowest BCUT2D eigenvalue weighted by Crippen LogP contribution is -2.44. The second-order valence-corrected chi connectivity index (χ2v) is 4.29. The molecule has 0 aliphatic rings. The maximum Gasteiger partial charge on any atom is 0.237 e. The van der Waals surface area contributed by atoms with E-state index in [1.165, 1.54) is 6.92 Å². The molecule has 0 aromatic rings. The summed E-state index contributed by atoms with van der Waals surface area (Å²) in [6, 6.07) is -0.708. The lowest BCUT2D eigenvalue weighted by Gasteiger charge is -2.10. The molecule has 0 aromatic heterocycles. The standard InChI is InChI=1S/C6H14N2O3S/c1-4-7-6(9)5(2)8-12(3,10)11/h5,8H,4H2,1-3H3,(H,7,9). The van der Waals surface area contributed by atoms with Crippen LogP contribution in [-0.2, 0) is 14.8 Å². The molecule has 0 bridgehead atoms. The first kappa shape index (κ1) is 11.4. The van der Waals surface area contributed by atoms with E-state index in [0.29, 0.717) is 6.54 Å². The number of sulfonamides is 1. The summed E-state index contributed by atoms with van der Waals surface area (Å²) < 4.78 is 23.5. The molecule has 1 unspecified atom stereocenters. The van der Waals surface area contributed by atoms with Crippen LogP contribution < -0.4 is 10.0 Å². The monoisotopic (exact) mass is 194 g/mol. The van der Waals surface area contributed by atoms with Gasteiger partial charge in [-0.05, 0) is 13.8 Å². The Labute approximate surface area is 72.6 Å². The lowest BCUT2D eigenvalue weighted by molar-refractivity contribution is -0.122. The highest BCUT2D eigenvalue weighted by atomic mass is 32.2. The van der Waals surface area contributed by atoms with E-state index in [1.807, 2.05) is 0 Å². The van der Waals surface area contributed by atoms with Crippen molar-refractivity contribution < 1.29 is 13.2 Å². The molecule has 1 atom stereocenters. The van der Waals surface area contributed by atoms with Gasteiger partial charge in [0.05, 0.1) is 12.3 Å². The van der Waals surface area contributed by atoms with Gasteiger partial charge in [0.1, 0.15) is 0 Å². The fraction of sp³-hybridized carbons (Fsp3) is 0.833. The third kappa shape index (κ3) is 5.09. The van der Waals surface area contributed by atoms with Crippen molar-refractivity contribution in [3.8, 4) is 0 Å². The summed E-state index contributed by atoms with van der Waals surface area (Å²) in [6.07, 6.45) is 1.02. The third-order valence-corrected chi connectivity index (χ3v) is 1.92. The van der Waals surface area contributed by atoms with Gasteiger partial charge in [-0.1, -0.05) is 0 Å². The molecule has 12 heavy (non-hydrogen) atoms. The number of carbonyl (C=O) groups excluding carboxylic acids is 1. The Morgan fingerprint density at radius 1 is 1.50 bits per heavy atom. The van der Waals surface area contributed by atoms with Crippen LogP contribution in [0.5, 0.6) is 0 Å². The highest BCUT2D eigenvalue weighted by molar-refractivity contribution is 7.88. The van der Waals surface area contributed by atoms with Crippen LogP contribution in [0.25, 0.3) is 0 Å². The van der Waals surface area contributed by atoms with Crippen molar-refractivity contribution >= 4 is 15.9 Å². The number of carbonyl (C=O) groups is 1. The van der Waals surface area contributed by atoms with Crippen LogP contribution in [0.1, 0.15) is 13.8 Å². The summed E-state index contributed by atoms with van der Waals surface area (Å²) in [4.78, 5) is 11.0. The average Bonchev–Trinajstić information content (AvgIpc) is 1.84. The predicted molar refractivity (Wildman–Crippen MR) is 46.1 cm³/mol. The van der Waals surface area contributed by atoms with Crippen LogP contribution in [0.2, 0.25) is 0 Å². The number of rotatable bonds is 4. The SMILES string of the molecule is CCNC(=O)C(C)NS(C)(=O)=O. The zero-order valence-corrected chi connectivity index (χ0v) is 8.23. The molecule has 0 fully saturated rings. The molecule has 6 heteroatoms. The zero-order valence-electron chi connectivity index (χ0n) is 7.42. The maximum atomic E-state index is 11.0. The Bertz CT molecular complexity index is 248. The Balaban J connectivity index is 4.05. The van der Waals surface area contributed by atoms with Crippen LogP contribution in [0, 0.1) is 0 Å². The topological polar surface area (TPSA) is 75.3 Å². The third-order valence-electron chi connectivity index (χ3n) is 1.14. The largest absolute Gasteiger partial charge is 0.355 e. The molecule has 0 spiro atoms. The summed E-state index contributed by atoms with van der Waals surface area (Å²) in [6.45, 7) is 3.76. The first-order chi connectivity index (χ1) is 5.37. The number of hydrogen-bond donors (Lipinski definition) is 2. The molecule has 0 rings (SSSR count). The van der Waals surface area contributed by atoms with E-state index in [-0.39, 0.29) is 5.91 Å². The van der Waals surface area contributed by atoms with Crippen molar-refractivity contribution in [3.63, 3.8) is 0 Å². The molecule has 0 aliphatic carbocycles. The van der Waals surface area contributed by atoms with E-state index in [2.05, 4.69) is 10.0 Å². The van der Waals surface area contributed by atoms with E-state index in [4.69, 9.17) is 0 Å². The summed E-state index contributed by atoms with van der Waals surface area (Å²) in [5, 5.41) is 2.50. The summed E-state index contributed by atoms with van der Waals surface area (Å²) in [7, 11) is -3.30. The predicted octanol–water partition coefficient (Wildman–Crippen LogP) is -0.940. The number of likely N-dealkylation sites (N-methyl/N-ethyl adjacent to an activating group) is 1. The molecule has 0 saturated heterocycles. The van der Waals surface area contributed by atoms with Crippen molar-refractivity contribution in [1.82, 2.24) is 10.0 Å². The molecule has 0 heterocycles. The van der Waals surface area contributed by atoms with Gasteiger partial charge in [-0.15, -0.1) is 0 Å². The molecular formula is C6H14N2O3S. The van der Waals surface area contributed by atoms with Gasteiger partial charge in [-0.3, -0.25) is 4.79 Å². The van der Waals surface area contributed by atoms with Crippen molar-refractivity contribution in [1.29, 1.82) is 0 Å². The van der Waals surface area contributed by atoms with E-state index in [0.717, 1.165) is 6.26 Å². The van der Waals surface area contributed by atoms with E-state index in [1.54, 1.807) is 6.92 Å². The Kier molecular flexibility index (Phi) is 4.19. The molecular weight excluding hydrogens is 180 g/mol. The van der Waals surface area contributed by atoms with E-state index < -0.39 is 16.1 Å². The van der Waals surface area contributed by atoms with Crippen LogP contribution in [-0.4, -0.2) is 33.2 Å². The van der Waals surface area contributed by atoms with Gasteiger partial charge in [-0.25, -0.2) is 13.1 Å². The first-order valence-electron chi connectivity index (χ1n) is 3.62. The van der Waals surface area contributed by atoms with Gasteiger partial charge < -0.3 is 5.32 Å². The van der Waals surface area contributed by atoms with Gasteiger partial charge in [0, 0.05) is 6.54 Å². The second-order valence-electron chi connectivity index (χ2n) is 2.51. The molecule has 72 valence electrons. The van der Waals surface area contributed by atoms with Gasteiger partial charge >= 0.3 is 0 Å². The highest BCUT2D eigenvalue weighted by Crippen LogP contribution is 1.85. The highest BCUT2D eigenvalue weighted by Gasteiger charge is 2.15. The van der Waals surface area contributed by atoms with Crippen molar-refractivity contribution in [2.75, 3.05) is 12.8 Å². The van der Waals surface area contributed by atoms with Gasteiger partial charge in [0.2, 0.25) is 15.9 Å². The van der Waals surface area contributed by atoms with Crippen molar-refractivity contribution in [3.05, 3.63) is 0 Å². The second kappa shape index (κ2) is 4.42. The quantitative estimate of drug-likeness (QED) is 0.606. The summed E-state index contributed by atoms with van der Waals surface area (Å²) in [5.41, 5.74) is 0. The lowest BCUT2D eigenvalue weighted by atomic mass is 10.3. The van der Waals surface area contributed by atoms with E-state index >= 15 is 0 Å². The van der Waals surface area contributed by atoms with Gasteiger partial charge in [0.25, 0.3) is 0 Å². The van der Waals surface area contributed by atoms with Crippen LogP contribution in [0.15, 0.2) is 0 Å². The minimum Gasteiger partial charge on any atom is -0.355 e. The smallest absolute Gasteiger partial charge is 0.237 e. The first-order valence-corrected chi connectivity index (χ1v) is 5.51. The molecule has 0 aliphatic heterocycles. The number of amides is 1. The van der Waals surface area contributed by atoms with Crippen LogP contribution >= 0.6 is 0 Å².